The van der Waals surface area contributed by atoms with E-state index in [9.17, 15) is 14.5 Å². The number of esters is 1. The van der Waals surface area contributed by atoms with Gasteiger partial charge in [0.15, 0.2) is 12.4 Å². The van der Waals surface area contributed by atoms with Gasteiger partial charge in [0.2, 0.25) is 5.28 Å². The molecule has 1 fully saturated rings. The van der Waals surface area contributed by atoms with Gasteiger partial charge in [0.05, 0.1) is 12.0 Å². The molecule has 1 aliphatic rings. The van der Waals surface area contributed by atoms with E-state index in [4.69, 9.17) is 35.9 Å². The lowest BCUT2D eigenvalue weighted by Crippen LogP contribution is -2.37. The first-order valence-corrected chi connectivity index (χ1v) is 14.8. The molecule has 42 heavy (non-hydrogen) atoms. The van der Waals surface area contributed by atoms with Crippen molar-refractivity contribution < 1.29 is 37.4 Å². The van der Waals surface area contributed by atoms with Gasteiger partial charge in [-0.05, 0) is 42.3 Å². The van der Waals surface area contributed by atoms with Crippen molar-refractivity contribution in [2.75, 3.05) is 12.3 Å². The number of aliphatic hydroxyl groups excluding tert-OH is 1. The first kappa shape index (κ1) is 29.9. The number of ether oxygens (including phenoxy) is 2. The fourth-order valence-electron chi connectivity index (χ4n) is 4.32. The largest absolute Gasteiger partial charge is 0.460 e. The SMILES string of the molecule is C[C@H](NP(=O)(OC[C@H]1O[C@@H](n2ccc3c(N)nc(Cl)nc32)C(F)C1O)Oc1ccccc1)C(=O)OCc1ccccc1. The third-order valence-corrected chi connectivity index (χ3v) is 8.26. The van der Waals surface area contributed by atoms with Gasteiger partial charge in [-0.1, -0.05) is 48.5 Å². The average Bonchev–Trinajstić information content (AvgIpc) is 3.52. The first-order valence-electron chi connectivity index (χ1n) is 12.9. The topological polar surface area (TPSA) is 160 Å². The number of carbonyl (C=O) groups is 1. The summed E-state index contributed by atoms with van der Waals surface area (Å²) in [6.45, 7) is 0.883. The summed E-state index contributed by atoms with van der Waals surface area (Å²) in [5.74, 6) is -0.431. The number of halogens is 2. The Morgan fingerprint density at radius 3 is 2.60 bits per heavy atom. The van der Waals surface area contributed by atoms with Crippen LogP contribution in [0, 0.1) is 0 Å². The summed E-state index contributed by atoms with van der Waals surface area (Å²) in [5, 5.41) is 13.5. The zero-order valence-electron chi connectivity index (χ0n) is 22.2. The fourth-order valence-corrected chi connectivity index (χ4v) is 6.00. The highest BCUT2D eigenvalue weighted by Gasteiger charge is 2.47. The van der Waals surface area contributed by atoms with Gasteiger partial charge in [0.1, 0.15) is 42.1 Å². The van der Waals surface area contributed by atoms with Gasteiger partial charge in [-0.2, -0.15) is 10.1 Å². The standard InChI is InChI=1S/C27H28ClFN5O7P/c1-16(26(36)38-14-17-8-4-2-5-9-17)33-42(37,41-18-10-6-3-7-11-18)39-15-20-22(35)21(29)25(40-20)34-13-12-19-23(30)31-27(28)32-24(19)34/h2-13,16,20-22,25,35H,14-15H2,1H3,(H,33,37)(H2,30,31,32)/t16-,20+,21?,22?,25+,42?/m0/s1. The number of hydrogen-bond acceptors (Lipinski definition) is 10. The minimum Gasteiger partial charge on any atom is -0.460 e. The highest BCUT2D eigenvalue weighted by atomic mass is 35.5. The second-order valence-corrected chi connectivity index (χ2v) is 11.5. The lowest BCUT2D eigenvalue weighted by molar-refractivity contribution is -0.146. The molecule has 0 radical (unpaired) electrons. The molecule has 0 spiro atoms. The number of carbonyl (C=O) groups excluding carboxylic acids is 1. The molecule has 0 saturated carbocycles. The summed E-state index contributed by atoms with van der Waals surface area (Å²) < 4.78 is 52.8. The molecule has 1 saturated heterocycles. The van der Waals surface area contributed by atoms with Crippen LogP contribution in [0.4, 0.5) is 10.2 Å². The minimum absolute atomic E-state index is 0.00757. The lowest BCUT2D eigenvalue weighted by Gasteiger charge is -2.24. The smallest absolute Gasteiger partial charge is 0.459 e. The molecule has 4 N–H and O–H groups in total. The van der Waals surface area contributed by atoms with Crippen LogP contribution in [-0.2, 0) is 30.0 Å². The predicted octanol–water partition coefficient (Wildman–Crippen LogP) is 4.19. The van der Waals surface area contributed by atoms with E-state index in [1.54, 1.807) is 48.5 Å². The first-order chi connectivity index (χ1) is 20.1. The molecule has 2 aromatic heterocycles. The van der Waals surface area contributed by atoms with Crippen LogP contribution in [0.3, 0.4) is 0 Å². The second kappa shape index (κ2) is 12.7. The van der Waals surface area contributed by atoms with Crippen molar-refractivity contribution in [1.82, 2.24) is 19.6 Å². The van der Waals surface area contributed by atoms with E-state index in [0.29, 0.717) is 5.39 Å². The molecule has 5 rings (SSSR count). The Kier molecular flexibility index (Phi) is 9.07. The van der Waals surface area contributed by atoms with Gasteiger partial charge in [-0.15, -0.1) is 0 Å². The average molecular weight is 620 g/mol. The molecule has 0 bridgehead atoms. The predicted molar refractivity (Wildman–Crippen MR) is 151 cm³/mol. The van der Waals surface area contributed by atoms with Crippen molar-refractivity contribution in [3.05, 3.63) is 83.8 Å². The molecule has 222 valence electrons. The Hall–Kier alpha value is -3.58. The number of aromatic nitrogens is 3. The monoisotopic (exact) mass is 619 g/mol. The summed E-state index contributed by atoms with van der Waals surface area (Å²) >= 11 is 5.93. The van der Waals surface area contributed by atoms with Crippen molar-refractivity contribution in [2.45, 2.75) is 44.2 Å². The van der Waals surface area contributed by atoms with E-state index in [0.717, 1.165) is 5.56 Å². The number of anilines is 1. The number of rotatable bonds is 11. The number of fused-ring (bicyclic) bond motifs is 1. The van der Waals surface area contributed by atoms with E-state index < -0.39 is 51.0 Å². The maximum atomic E-state index is 15.3. The molecular formula is C27H28ClFN5O7P. The summed E-state index contributed by atoms with van der Waals surface area (Å²) in [5.41, 5.74) is 6.86. The normalized spacial score (nSPS) is 22.5. The maximum absolute atomic E-state index is 15.3. The molecule has 12 nitrogen and oxygen atoms in total. The number of benzene rings is 2. The van der Waals surface area contributed by atoms with Crippen molar-refractivity contribution in [2.24, 2.45) is 0 Å². The number of hydrogen-bond donors (Lipinski definition) is 3. The summed E-state index contributed by atoms with van der Waals surface area (Å²) in [6, 6.07) is 17.6. The van der Waals surface area contributed by atoms with Gasteiger partial charge >= 0.3 is 13.7 Å². The zero-order chi connectivity index (χ0) is 29.9. The van der Waals surface area contributed by atoms with Crippen LogP contribution >= 0.6 is 19.3 Å². The Morgan fingerprint density at radius 1 is 1.19 bits per heavy atom. The number of nitrogens with zero attached hydrogens (tertiary/aromatic N) is 3. The van der Waals surface area contributed by atoms with Crippen LogP contribution in [0.2, 0.25) is 5.28 Å². The molecular weight excluding hydrogens is 592 g/mol. The van der Waals surface area contributed by atoms with Crippen LogP contribution in [0.1, 0.15) is 18.7 Å². The molecule has 2 aromatic carbocycles. The number of alkyl halides is 1. The molecule has 4 aromatic rings. The van der Waals surface area contributed by atoms with E-state index in [-0.39, 0.29) is 29.1 Å². The second-order valence-electron chi connectivity index (χ2n) is 9.48. The van der Waals surface area contributed by atoms with Gasteiger partial charge in [0.25, 0.3) is 0 Å². The molecule has 3 heterocycles. The van der Waals surface area contributed by atoms with Crippen molar-refractivity contribution in [3.63, 3.8) is 0 Å². The number of nitrogen functional groups attached to an aromatic ring is 1. The van der Waals surface area contributed by atoms with E-state index in [1.807, 2.05) is 18.2 Å². The van der Waals surface area contributed by atoms with Gasteiger partial charge < -0.3 is 29.4 Å². The molecule has 6 atom stereocenters. The summed E-state index contributed by atoms with van der Waals surface area (Å²) in [6.07, 6.45) is -4.70. The van der Waals surface area contributed by atoms with Crippen molar-refractivity contribution in [3.8, 4) is 5.75 Å². The van der Waals surface area contributed by atoms with Crippen LogP contribution in [0.15, 0.2) is 72.9 Å². The Morgan fingerprint density at radius 2 is 1.88 bits per heavy atom. The Bertz CT molecular complexity index is 1580. The van der Waals surface area contributed by atoms with Crippen LogP contribution in [0.25, 0.3) is 11.0 Å². The zero-order valence-corrected chi connectivity index (χ0v) is 23.9. The van der Waals surface area contributed by atoms with Crippen LogP contribution in [-0.4, -0.2) is 56.6 Å². The van der Waals surface area contributed by atoms with E-state index in [1.165, 1.54) is 17.7 Å². The number of nitrogens with two attached hydrogens (primary N) is 1. The Labute approximate surface area is 245 Å². The lowest BCUT2D eigenvalue weighted by atomic mass is 10.1. The molecule has 1 aliphatic heterocycles. The van der Waals surface area contributed by atoms with E-state index in [2.05, 4.69) is 15.1 Å². The molecule has 0 aliphatic carbocycles. The Balaban J connectivity index is 1.29. The quantitative estimate of drug-likeness (QED) is 0.125. The maximum Gasteiger partial charge on any atom is 0.459 e. The number of aliphatic hydroxyl groups is 1. The minimum atomic E-state index is -4.30. The van der Waals surface area contributed by atoms with E-state index >= 15 is 4.39 Å². The number of para-hydroxylation sites is 1. The highest BCUT2D eigenvalue weighted by molar-refractivity contribution is 7.52. The van der Waals surface area contributed by atoms with Gasteiger partial charge in [-0.25, -0.2) is 13.9 Å². The fraction of sp³-hybridized carbons (Fsp3) is 0.296. The summed E-state index contributed by atoms with van der Waals surface area (Å²) in [4.78, 5) is 20.6. The number of nitrogens with one attached hydrogen (secondary N) is 1. The van der Waals surface area contributed by atoms with Crippen molar-refractivity contribution >= 4 is 42.2 Å². The van der Waals surface area contributed by atoms with Gasteiger partial charge in [0, 0.05) is 6.20 Å². The summed E-state index contributed by atoms with van der Waals surface area (Å²) in [7, 11) is -4.30. The third kappa shape index (κ3) is 6.73. The van der Waals surface area contributed by atoms with Gasteiger partial charge in [-0.3, -0.25) is 9.32 Å². The van der Waals surface area contributed by atoms with Crippen LogP contribution < -0.4 is 15.3 Å². The molecule has 3 unspecified atom stereocenters. The highest BCUT2D eigenvalue weighted by Crippen LogP contribution is 2.46. The molecule has 0 amide bonds. The third-order valence-electron chi connectivity index (χ3n) is 6.45. The molecule has 15 heteroatoms. The van der Waals surface area contributed by atoms with Crippen molar-refractivity contribution in [1.29, 1.82) is 0 Å². The van der Waals surface area contributed by atoms with Crippen LogP contribution in [0.5, 0.6) is 5.75 Å².